The Hall–Kier alpha value is -2.54. The van der Waals surface area contributed by atoms with Crippen molar-refractivity contribution in [2.45, 2.75) is 0 Å². The van der Waals surface area contributed by atoms with Crippen LogP contribution in [0.25, 0.3) is 0 Å². The lowest BCUT2D eigenvalue weighted by Gasteiger charge is -2.08. The van der Waals surface area contributed by atoms with Gasteiger partial charge in [0.15, 0.2) is 0 Å². The zero-order chi connectivity index (χ0) is 12.6. The standard InChI is InChI=1S/C14H13N3O/c15-11-12-5-4-8-16-14(12)17-9-10-18-13-6-2-1-3-7-13/h1-8H,9-10H2,(H,16,17). The number of hydrogen-bond donors (Lipinski definition) is 1. The lowest BCUT2D eigenvalue weighted by molar-refractivity contribution is 0.333. The molecule has 0 aliphatic carbocycles. The first-order valence-corrected chi connectivity index (χ1v) is 5.67. The van der Waals surface area contributed by atoms with Crippen LogP contribution in [-0.4, -0.2) is 18.1 Å². The van der Waals surface area contributed by atoms with Crippen LogP contribution in [0.15, 0.2) is 48.7 Å². The van der Waals surface area contributed by atoms with E-state index >= 15 is 0 Å². The Balaban J connectivity index is 1.81. The number of nitriles is 1. The number of para-hydroxylation sites is 1. The third kappa shape index (κ3) is 3.22. The summed E-state index contributed by atoms with van der Waals surface area (Å²) in [6.07, 6.45) is 1.65. The van der Waals surface area contributed by atoms with Crippen LogP contribution < -0.4 is 10.1 Å². The second-order valence-electron chi connectivity index (χ2n) is 3.60. The quantitative estimate of drug-likeness (QED) is 0.814. The molecule has 90 valence electrons. The topological polar surface area (TPSA) is 57.9 Å². The first kappa shape index (κ1) is 11.9. The second-order valence-corrected chi connectivity index (χ2v) is 3.60. The molecule has 0 amide bonds. The molecule has 0 atom stereocenters. The molecule has 18 heavy (non-hydrogen) atoms. The summed E-state index contributed by atoms with van der Waals surface area (Å²) >= 11 is 0. The molecule has 1 heterocycles. The van der Waals surface area contributed by atoms with Crippen LogP contribution in [-0.2, 0) is 0 Å². The SMILES string of the molecule is N#Cc1cccnc1NCCOc1ccccc1. The van der Waals surface area contributed by atoms with Crippen molar-refractivity contribution in [1.29, 1.82) is 5.26 Å². The number of pyridine rings is 1. The second kappa shape index (κ2) is 6.26. The molecule has 1 aromatic heterocycles. The highest BCUT2D eigenvalue weighted by Crippen LogP contribution is 2.10. The van der Waals surface area contributed by atoms with Crippen molar-refractivity contribution in [2.24, 2.45) is 0 Å². The number of anilines is 1. The van der Waals surface area contributed by atoms with Gasteiger partial charge in [-0.1, -0.05) is 18.2 Å². The molecule has 0 spiro atoms. The van der Waals surface area contributed by atoms with Crippen molar-refractivity contribution in [3.05, 3.63) is 54.2 Å². The molecule has 0 aliphatic rings. The van der Waals surface area contributed by atoms with Crippen LogP contribution in [0.5, 0.6) is 5.75 Å². The van der Waals surface area contributed by atoms with E-state index in [0.717, 1.165) is 5.75 Å². The van der Waals surface area contributed by atoms with Crippen molar-refractivity contribution in [3.63, 3.8) is 0 Å². The van der Waals surface area contributed by atoms with E-state index in [1.807, 2.05) is 30.3 Å². The van der Waals surface area contributed by atoms with E-state index in [2.05, 4.69) is 16.4 Å². The van der Waals surface area contributed by atoms with Gasteiger partial charge in [0.05, 0.1) is 12.1 Å². The van der Waals surface area contributed by atoms with Gasteiger partial charge in [0, 0.05) is 6.20 Å². The monoisotopic (exact) mass is 239 g/mol. The fourth-order valence-electron chi connectivity index (χ4n) is 1.49. The van der Waals surface area contributed by atoms with Gasteiger partial charge in [0.2, 0.25) is 0 Å². The van der Waals surface area contributed by atoms with Crippen LogP contribution in [0.1, 0.15) is 5.56 Å². The van der Waals surface area contributed by atoms with Gasteiger partial charge in [-0.05, 0) is 24.3 Å². The molecule has 4 heteroatoms. The molecule has 2 rings (SSSR count). The maximum Gasteiger partial charge on any atom is 0.144 e. The molecular formula is C14H13N3O. The van der Waals surface area contributed by atoms with Gasteiger partial charge >= 0.3 is 0 Å². The molecule has 2 aromatic rings. The summed E-state index contributed by atoms with van der Waals surface area (Å²) in [4.78, 5) is 4.10. The molecule has 0 saturated carbocycles. The highest BCUT2D eigenvalue weighted by atomic mass is 16.5. The van der Waals surface area contributed by atoms with Crippen molar-refractivity contribution in [2.75, 3.05) is 18.5 Å². The fourth-order valence-corrected chi connectivity index (χ4v) is 1.49. The number of rotatable bonds is 5. The smallest absolute Gasteiger partial charge is 0.144 e. The number of nitrogens with one attached hydrogen (secondary N) is 1. The van der Waals surface area contributed by atoms with Crippen molar-refractivity contribution >= 4 is 5.82 Å². The minimum atomic E-state index is 0.519. The van der Waals surface area contributed by atoms with Gasteiger partial charge in [-0.3, -0.25) is 0 Å². The van der Waals surface area contributed by atoms with Gasteiger partial charge in [0.25, 0.3) is 0 Å². The fraction of sp³-hybridized carbons (Fsp3) is 0.143. The number of hydrogen-bond acceptors (Lipinski definition) is 4. The zero-order valence-electron chi connectivity index (χ0n) is 9.84. The Labute approximate surface area is 106 Å². The number of ether oxygens (including phenoxy) is 1. The van der Waals surface area contributed by atoms with E-state index < -0.39 is 0 Å². The zero-order valence-corrected chi connectivity index (χ0v) is 9.84. The summed E-state index contributed by atoms with van der Waals surface area (Å²) in [5.41, 5.74) is 0.539. The predicted molar refractivity (Wildman–Crippen MR) is 69.4 cm³/mol. The van der Waals surface area contributed by atoms with Crippen LogP contribution >= 0.6 is 0 Å². The first-order chi connectivity index (χ1) is 8.90. The third-order valence-corrected chi connectivity index (χ3v) is 2.33. The summed E-state index contributed by atoms with van der Waals surface area (Å²) in [7, 11) is 0. The molecule has 4 nitrogen and oxygen atoms in total. The number of nitrogens with zero attached hydrogens (tertiary/aromatic N) is 2. The summed E-state index contributed by atoms with van der Waals surface area (Å²) in [6, 6.07) is 15.2. The highest BCUT2D eigenvalue weighted by Gasteiger charge is 2.00. The molecule has 0 saturated heterocycles. The minimum absolute atomic E-state index is 0.519. The molecule has 1 aromatic carbocycles. The largest absolute Gasteiger partial charge is 0.492 e. The highest BCUT2D eigenvalue weighted by molar-refractivity contribution is 5.51. The molecule has 0 bridgehead atoms. The van der Waals surface area contributed by atoms with Gasteiger partial charge in [-0.15, -0.1) is 0 Å². The van der Waals surface area contributed by atoms with Crippen LogP contribution in [0.3, 0.4) is 0 Å². The summed E-state index contributed by atoms with van der Waals surface area (Å²) in [5, 5.41) is 12.0. The van der Waals surface area contributed by atoms with Crippen LogP contribution in [0.4, 0.5) is 5.82 Å². The molecule has 1 N–H and O–H groups in total. The summed E-state index contributed by atoms with van der Waals surface area (Å²) in [6.45, 7) is 1.12. The maximum absolute atomic E-state index is 8.89. The summed E-state index contributed by atoms with van der Waals surface area (Å²) < 4.78 is 5.53. The Morgan fingerprint density at radius 3 is 2.78 bits per heavy atom. The normalized spacial score (nSPS) is 9.50. The molecule has 0 fully saturated rings. The Morgan fingerprint density at radius 2 is 2.00 bits per heavy atom. The molecule has 0 unspecified atom stereocenters. The molecular weight excluding hydrogens is 226 g/mol. The van der Waals surface area contributed by atoms with E-state index in [4.69, 9.17) is 10.00 Å². The van der Waals surface area contributed by atoms with Crippen LogP contribution in [0.2, 0.25) is 0 Å². The van der Waals surface area contributed by atoms with E-state index in [9.17, 15) is 0 Å². The maximum atomic E-state index is 8.89. The predicted octanol–water partition coefficient (Wildman–Crippen LogP) is 2.44. The van der Waals surface area contributed by atoms with Crippen LogP contribution in [0, 0.1) is 11.3 Å². The van der Waals surface area contributed by atoms with Crippen molar-refractivity contribution in [3.8, 4) is 11.8 Å². The van der Waals surface area contributed by atoms with Gasteiger partial charge < -0.3 is 10.1 Å². The van der Waals surface area contributed by atoms with Gasteiger partial charge in [0.1, 0.15) is 24.2 Å². The first-order valence-electron chi connectivity index (χ1n) is 5.67. The Kier molecular flexibility index (Phi) is 4.15. The Morgan fingerprint density at radius 1 is 1.17 bits per heavy atom. The number of aromatic nitrogens is 1. The third-order valence-electron chi connectivity index (χ3n) is 2.33. The average molecular weight is 239 g/mol. The van der Waals surface area contributed by atoms with E-state index in [1.54, 1.807) is 18.3 Å². The molecule has 0 aliphatic heterocycles. The van der Waals surface area contributed by atoms with E-state index in [1.165, 1.54) is 0 Å². The molecule has 0 radical (unpaired) electrons. The lowest BCUT2D eigenvalue weighted by Crippen LogP contribution is -2.13. The van der Waals surface area contributed by atoms with Crippen molar-refractivity contribution < 1.29 is 4.74 Å². The lowest BCUT2D eigenvalue weighted by atomic mass is 10.3. The average Bonchev–Trinajstić information content (AvgIpc) is 2.45. The Bertz CT molecular complexity index is 534. The van der Waals surface area contributed by atoms with E-state index in [-0.39, 0.29) is 0 Å². The number of benzene rings is 1. The minimum Gasteiger partial charge on any atom is -0.492 e. The van der Waals surface area contributed by atoms with Crippen molar-refractivity contribution in [1.82, 2.24) is 4.98 Å². The van der Waals surface area contributed by atoms with Gasteiger partial charge in [-0.25, -0.2) is 4.98 Å². The van der Waals surface area contributed by atoms with E-state index in [0.29, 0.717) is 24.5 Å². The van der Waals surface area contributed by atoms with Gasteiger partial charge in [-0.2, -0.15) is 5.26 Å². The summed E-state index contributed by atoms with van der Waals surface area (Å²) in [5.74, 6) is 1.43.